The standard InChI is InChI=1S/C13H14O4/c1-3-4-5-6-7-8-11(14)13(16)10(2)9-17-12(13)15/h3-8,16H,2,9H2,1H3/t13-/m1/s1. The molecule has 4 nitrogen and oxygen atoms in total. The Balaban J connectivity index is 2.76. The Hall–Kier alpha value is -1.94. The van der Waals surface area contributed by atoms with Crippen LogP contribution in [-0.2, 0) is 14.3 Å². The van der Waals surface area contributed by atoms with Gasteiger partial charge in [0.25, 0.3) is 0 Å². The summed E-state index contributed by atoms with van der Waals surface area (Å²) in [5.41, 5.74) is -2.15. The SMILES string of the molecule is C=C1COC(=O)[C@]1(O)C(=O)C=CC=CC=CC. The Morgan fingerprint density at radius 2 is 2.06 bits per heavy atom. The minimum Gasteiger partial charge on any atom is -0.458 e. The fraction of sp³-hybridized carbons (Fsp3) is 0.231. The molecule has 0 aromatic heterocycles. The number of cyclic esters (lactones) is 1. The molecule has 0 amide bonds. The van der Waals surface area contributed by atoms with Crippen molar-refractivity contribution in [2.45, 2.75) is 12.5 Å². The number of aliphatic hydroxyl groups is 1. The molecule has 0 aliphatic carbocycles. The van der Waals surface area contributed by atoms with Gasteiger partial charge in [0, 0.05) is 5.57 Å². The fourth-order valence-electron chi connectivity index (χ4n) is 1.28. The van der Waals surface area contributed by atoms with Gasteiger partial charge >= 0.3 is 5.97 Å². The van der Waals surface area contributed by atoms with Gasteiger partial charge in [-0.05, 0) is 13.0 Å². The number of hydrogen-bond donors (Lipinski definition) is 1. The first-order chi connectivity index (χ1) is 8.03. The van der Waals surface area contributed by atoms with Crippen LogP contribution in [0.25, 0.3) is 0 Å². The predicted octanol–water partition coefficient (Wildman–Crippen LogP) is 1.09. The van der Waals surface area contributed by atoms with Gasteiger partial charge in [-0.1, -0.05) is 37.0 Å². The van der Waals surface area contributed by atoms with E-state index in [2.05, 4.69) is 11.3 Å². The monoisotopic (exact) mass is 234 g/mol. The van der Waals surface area contributed by atoms with Gasteiger partial charge in [0.05, 0.1) is 0 Å². The van der Waals surface area contributed by atoms with E-state index in [0.717, 1.165) is 6.08 Å². The zero-order valence-corrected chi connectivity index (χ0v) is 9.55. The van der Waals surface area contributed by atoms with Crippen LogP contribution in [0.2, 0.25) is 0 Å². The van der Waals surface area contributed by atoms with Crippen LogP contribution in [-0.4, -0.2) is 29.1 Å². The van der Waals surface area contributed by atoms with E-state index in [1.54, 1.807) is 18.2 Å². The largest absolute Gasteiger partial charge is 0.458 e. The van der Waals surface area contributed by atoms with Crippen LogP contribution in [0, 0.1) is 0 Å². The second-order valence-electron chi connectivity index (χ2n) is 3.52. The summed E-state index contributed by atoms with van der Waals surface area (Å²) in [5, 5.41) is 9.89. The van der Waals surface area contributed by atoms with Crippen LogP contribution in [0.1, 0.15) is 6.92 Å². The zero-order valence-electron chi connectivity index (χ0n) is 9.55. The van der Waals surface area contributed by atoms with E-state index in [1.165, 1.54) is 6.08 Å². The number of ether oxygens (including phenoxy) is 1. The predicted molar refractivity (Wildman–Crippen MR) is 63.1 cm³/mol. The lowest BCUT2D eigenvalue weighted by Crippen LogP contribution is -2.43. The first-order valence-corrected chi connectivity index (χ1v) is 5.11. The summed E-state index contributed by atoms with van der Waals surface area (Å²) in [6.45, 7) is 5.20. The highest BCUT2D eigenvalue weighted by atomic mass is 16.6. The Labute approximate surface area is 99.6 Å². The normalized spacial score (nSPS) is 25.3. The molecule has 4 heteroatoms. The number of allylic oxidation sites excluding steroid dienone is 5. The third-order valence-electron chi connectivity index (χ3n) is 2.31. The molecule has 0 unspecified atom stereocenters. The van der Waals surface area contributed by atoms with Crippen LogP contribution in [0.15, 0.2) is 48.6 Å². The fourth-order valence-corrected chi connectivity index (χ4v) is 1.28. The van der Waals surface area contributed by atoms with Crippen molar-refractivity contribution in [3.05, 3.63) is 48.6 Å². The molecule has 1 atom stereocenters. The lowest BCUT2D eigenvalue weighted by molar-refractivity contribution is -0.156. The molecule has 0 saturated carbocycles. The van der Waals surface area contributed by atoms with Gasteiger partial charge in [0.2, 0.25) is 11.4 Å². The maximum atomic E-state index is 11.7. The number of ketones is 1. The Morgan fingerprint density at radius 1 is 1.41 bits per heavy atom. The van der Waals surface area contributed by atoms with E-state index >= 15 is 0 Å². The molecule has 1 saturated heterocycles. The van der Waals surface area contributed by atoms with Crippen LogP contribution in [0.3, 0.4) is 0 Å². The summed E-state index contributed by atoms with van der Waals surface area (Å²) in [6, 6.07) is 0. The van der Waals surface area contributed by atoms with Gasteiger partial charge in [0.15, 0.2) is 0 Å². The highest BCUT2D eigenvalue weighted by Gasteiger charge is 2.51. The summed E-state index contributed by atoms with van der Waals surface area (Å²) in [6.07, 6.45) is 9.51. The molecule has 0 radical (unpaired) electrons. The summed E-state index contributed by atoms with van der Waals surface area (Å²) in [4.78, 5) is 22.9. The molecular formula is C13H14O4. The highest BCUT2D eigenvalue weighted by molar-refractivity contribution is 6.16. The Bertz CT molecular complexity index is 411. The average Bonchev–Trinajstić information content (AvgIpc) is 2.57. The second-order valence-corrected chi connectivity index (χ2v) is 3.52. The van der Waals surface area contributed by atoms with Crippen molar-refractivity contribution in [2.75, 3.05) is 6.61 Å². The van der Waals surface area contributed by atoms with Crippen LogP contribution in [0.4, 0.5) is 0 Å². The Morgan fingerprint density at radius 3 is 2.59 bits per heavy atom. The molecule has 1 heterocycles. The molecule has 1 rings (SSSR count). The number of carbonyl (C=O) groups excluding carboxylic acids is 2. The van der Waals surface area contributed by atoms with Crippen molar-refractivity contribution < 1.29 is 19.4 Å². The minimum absolute atomic E-state index is 0.0644. The van der Waals surface area contributed by atoms with E-state index in [1.807, 2.05) is 13.0 Å². The summed E-state index contributed by atoms with van der Waals surface area (Å²) in [7, 11) is 0. The second kappa shape index (κ2) is 5.41. The molecule has 1 fully saturated rings. The molecular weight excluding hydrogens is 220 g/mol. The third-order valence-corrected chi connectivity index (χ3v) is 2.31. The molecule has 0 aromatic carbocycles. The summed E-state index contributed by atoms with van der Waals surface area (Å²) >= 11 is 0. The minimum atomic E-state index is -2.22. The Kier molecular flexibility index (Phi) is 4.17. The smallest absolute Gasteiger partial charge is 0.351 e. The van der Waals surface area contributed by atoms with E-state index in [-0.39, 0.29) is 12.2 Å². The lowest BCUT2D eigenvalue weighted by atomic mass is 9.92. The molecule has 0 spiro atoms. The number of hydrogen-bond acceptors (Lipinski definition) is 4. The van der Waals surface area contributed by atoms with Crippen molar-refractivity contribution >= 4 is 11.8 Å². The van der Waals surface area contributed by atoms with Crippen molar-refractivity contribution in [3.63, 3.8) is 0 Å². The lowest BCUT2D eigenvalue weighted by Gasteiger charge is -2.14. The summed E-state index contributed by atoms with van der Waals surface area (Å²) in [5.74, 6) is -1.70. The quantitative estimate of drug-likeness (QED) is 0.260. The van der Waals surface area contributed by atoms with Crippen molar-refractivity contribution in [1.82, 2.24) is 0 Å². The van der Waals surface area contributed by atoms with Crippen molar-refractivity contribution in [3.8, 4) is 0 Å². The number of rotatable bonds is 4. The van der Waals surface area contributed by atoms with E-state index in [4.69, 9.17) is 0 Å². The van der Waals surface area contributed by atoms with E-state index in [9.17, 15) is 14.7 Å². The zero-order chi connectivity index (χ0) is 12.9. The number of carbonyl (C=O) groups is 2. The number of esters is 1. The summed E-state index contributed by atoms with van der Waals surface area (Å²) < 4.78 is 4.57. The molecule has 1 aliphatic heterocycles. The molecule has 0 bridgehead atoms. The first kappa shape index (κ1) is 13.1. The van der Waals surface area contributed by atoms with Crippen molar-refractivity contribution in [2.24, 2.45) is 0 Å². The molecule has 1 aliphatic rings. The van der Waals surface area contributed by atoms with Gasteiger partial charge in [-0.2, -0.15) is 0 Å². The molecule has 90 valence electrons. The topological polar surface area (TPSA) is 63.6 Å². The average molecular weight is 234 g/mol. The molecule has 17 heavy (non-hydrogen) atoms. The van der Waals surface area contributed by atoms with Crippen LogP contribution < -0.4 is 0 Å². The highest BCUT2D eigenvalue weighted by Crippen LogP contribution is 2.26. The van der Waals surface area contributed by atoms with Gasteiger partial charge in [0.1, 0.15) is 6.61 Å². The molecule has 0 aromatic rings. The first-order valence-electron chi connectivity index (χ1n) is 5.11. The third kappa shape index (κ3) is 2.60. The van der Waals surface area contributed by atoms with E-state index in [0.29, 0.717) is 0 Å². The van der Waals surface area contributed by atoms with Crippen LogP contribution in [0.5, 0.6) is 0 Å². The maximum absolute atomic E-state index is 11.7. The molecule has 1 N–H and O–H groups in total. The van der Waals surface area contributed by atoms with Crippen LogP contribution >= 0.6 is 0 Å². The maximum Gasteiger partial charge on any atom is 0.351 e. The van der Waals surface area contributed by atoms with Gasteiger partial charge in [-0.3, -0.25) is 4.79 Å². The van der Waals surface area contributed by atoms with Crippen molar-refractivity contribution in [1.29, 1.82) is 0 Å². The van der Waals surface area contributed by atoms with Gasteiger partial charge in [-0.25, -0.2) is 4.79 Å². The van der Waals surface area contributed by atoms with Gasteiger partial charge in [-0.15, -0.1) is 0 Å². The van der Waals surface area contributed by atoms with Gasteiger partial charge < -0.3 is 9.84 Å². The van der Waals surface area contributed by atoms with E-state index < -0.39 is 17.4 Å².